The molecule has 1 aromatic heterocycles. The zero-order chi connectivity index (χ0) is 15.6. The molecule has 21 heavy (non-hydrogen) atoms. The topological polar surface area (TPSA) is 85.1 Å². The van der Waals surface area contributed by atoms with E-state index in [2.05, 4.69) is 42.2 Å². The van der Waals surface area contributed by atoms with Gasteiger partial charge >= 0.3 is 0 Å². The molecular weight excluding hydrogens is 406 g/mol. The number of pyridine rings is 1. The van der Waals surface area contributed by atoms with E-state index < -0.39 is 10.8 Å². The fourth-order valence-electron chi connectivity index (χ4n) is 1.69. The van der Waals surface area contributed by atoms with Gasteiger partial charge in [-0.05, 0) is 57.0 Å². The lowest BCUT2D eigenvalue weighted by molar-refractivity contribution is -0.385. The number of hydrogen-bond donors (Lipinski definition) is 1. The number of nitro benzene ring substituents is 1. The van der Waals surface area contributed by atoms with Gasteiger partial charge in [0.25, 0.3) is 11.6 Å². The predicted octanol–water partition coefficient (Wildman–Crippen LogP) is 4.08. The van der Waals surface area contributed by atoms with E-state index in [9.17, 15) is 14.9 Å². The van der Waals surface area contributed by atoms with E-state index in [1.54, 1.807) is 25.1 Å². The number of carbonyl (C=O) groups excluding carboxylic acids is 1. The van der Waals surface area contributed by atoms with Crippen LogP contribution >= 0.6 is 31.9 Å². The summed E-state index contributed by atoms with van der Waals surface area (Å²) < 4.78 is 1.10. The van der Waals surface area contributed by atoms with Crippen molar-refractivity contribution in [3.63, 3.8) is 0 Å². The van der Waals surface area contributed by atoms with Crippen LogP contribution in [-0.4, -0.2) is 15.8 Å². The molecule has 0 bridgehead atoms. The van der Waals surface area contributed by atoms with Crippen LogP contribution in [0.5, 0.6) is 0 Å². The fourth-order valence-corrected chi connectivity index (χ4v) is 2.68. The largest absolute Gasteiger partial charge is 0.319 e. The number of nitrogens with one attached hydrogen (secondary N) is 1. The summed E-state index contributed by atoms with van der Waals surface area (Å²) in [4.78, 5) is 26.6. The summed E-state index contributed by atoms with van der Waals surface area (Å²) in [5.41, 5.74) is 0.958. The standard InChI is InChI=1S/C13H9Br2N3O3/c1-7-5-9(15)10(6-11(7)18(20)21)17-13(19)12-8(14)3-2-4-16-12/h2-6H,1H3,(H,17,19). The van der Waals surface area contributed by atoms with E-state index in [1.807, 2.05) is 0 Å². The van der Waals surface area contributed by atoms with Crippen molar-refractivity contribution in [2.24, 2.45) is 0 Å². The molecule has 6 nitrogen and oxygen atoms in total. The quantitative estimate of drug-likeness (QED) is 0.605. The molecule has 0 saturated carbocycles. The van der Waals surface area contributed by atoms with Crippen molar-refractivity contribution in [2.75, 3.05) is 5.32 Å². The van der Waals surface area contributed by atoms with Crippen molar-refractivity contribution < 1.29 is 9.72 Å². The molecule has 1 amide bonds. The van der Waals surface area contributed by atoms with E-state index in [1.165, 1.54) is 12.3 Å². The van der Waals surface area contributed by atoms with Crippen LogP contribution in [0.15, 0.2) is 39.4 Å². The molecule has 0 spiro atoms. The smallest absolute Gasteiger partial charge is 0.275 e. The molecule has 0 fully saturated rings. The van der Waals surface area contributed by atoms with Crippen molar-refractivity contribution in [2.45, 2.75) is 6.92 Å². The van der Waals surface area contributed by atoms with Gasteiger partial charge in [0.1, 0.15) is 5.69 Å². The molecule has 2 rings (SSSR count). The Labute approximate surface area is 137 Å². The second-order valence-corrected chi connectivity index (χ2v) is 5.87. The first-order valence-electron chi connectivity index (χ1n) is 5.76. The molecule has 0 aliphatic carbocycles. The summed E-state index contributed by atoms with van der Waals surface area (Å²) in [6.45, 7) is 1.63. The Bertz CT molecular complexity index is 735. The second-order valence-electron chi connectivity index (χ2n) is 4.16. The molecule has 1 N–H and O–H groups in total. The molecule has 0 radical (unpaired) electrons. The third-order valence-corrected chi connectivity index (χ3v) is 4.00. The number of aryl methyl sites for hydroxylation is 1. The Morgan fingerprint density at radius 3 is 2.67 bits per heavy atom. The number of hydrogen-bond acceptors (Lipinski definition) is 4. The van der Waals surface area contributed by atoms with Gasteiger partial charge < -0.3 is 5.32 Å². The van der Waals surface area contributed by atoms with Crippen LogP contribution in [0, 0.1) is 17.0 Å². The Morgan fingerprint density at radius 2 is 2.05 bits per heavy atom. The average Bonchev–Trinajstić information content (AvgIpc) is 2.41. The third kappa shape index (κ3) is 3.45. The third-order valence-electron chi connectivity index (χ3n) is 2.70. The lowest BCUT2D eigenvalue weighted by Crippen LogP contribution is -2.15. The van der Waals surface area contributed by atoms with Gasteiger partial charge in [0, 0.05) is 26.8 Å². The SMILES string of the molecule is Cc1cc(Br)c(NC(=O)c2ncccc2Br)cc1[N+](=O)[O-]. The monoisotopic (exact) mass is 413 g/mol. The van der Waals surface area contributed by atoms with Crippen molar-refractivity contribution >= 4 is 49.1 Å². The van der Waals surface area contributed by atoms with E-state index in [-0.39, 0.29) is 11.4 Å². The van der Waals surface area contributed by atoms with Gasteiger partial charge in [0.2, 0.25) is 0 Å². The maximum atomic E-state index is 12.2. The molecule has 0 atom stereocenters. The number of rotatable bonds is 3. The van der Waals surface area contributed by atoms with Crippen LogP contribution in [0.2, 0.25) is 0 Å². The van der Waals surface area contributed by atoms with E-state index in [0.717, 1.165) is 0 Å². The van der Waals surface area contributed by atoms with E-state index in [0.29, 0.717) is 20.2 Å². The first-order valence-corrected chi connectivity index (χ1v) is 7.35. The lowest BCUT2D eigenvalue weighted by Gasteiger charge is -2.09. The second kappa shape index (κ2) is 6.31. The van der Waals surface area contributed by atoms with Gasteiger partial charge in [-0.15, -0.1) is 0 Å². The van der Waals surface area contributed by atoms with Crippen LogP contribution < -0.4 is 5.32 Å². The summed E-state index contributed by atoms with van der Waals surface area (Å²) in [5, 5.41) is 13.6. The van der Waals surface area contributed by atoms with Crippen molar-refractivity contribution in [1.29, 1.82) is 0 Å². The zero-order valence-corrected chi connectivity index (χ0v) is 13.9. The molecule has 1 heterocycles. The number of aromatic nitrogens is 1. The number of carbonyl (C=O) groups is 1. The highest BCUT2D eigenvalue weighted by Crippen LogP contribution is 2.31. The molecular formula is C13H9Br2N3O3. The Hall–Kier alpha value is -1.80. The minimum Gasteiger partial charge on any atom is -0.319 e. The minimum absolute atomic E-state index is 0.0615. The number of nitrogens with zero attached hydrogens (tertiary/aromatic N) is 2. The maximum absolute atomic E-state index is 12.2. The van der Waals surface area contributed by atoms with E-state index in [4.69, 9.17) is 0 Å². The normalized spacial score (nSPS) is 10.2. The van der Waals surface area contributed by atoms with Crippen molar-refractivity contribution in [1.82, 2.24) is 4.98 Å². The minimum atomic E-state index is -0.492. The molecule has 0 saturated heterocycles. The Balaban J connectivity index is 2.36. The van der Waals surface area contributed by atoms with Gasteiger partial charge in [-0.2, -0.15) is 0 Å². The summed E-state index contributed by atoms with van der Waals surface area (Å²) in [7, 11) is 0. The predicted molar refractivity (Wildman–Crippen MR) is 85.4 cm³/mol. The van der Waals surface area contributed by atoms with Gasteiger partial charge in [0.15, 0.2) is 0 Å². The highest BCUT2D eigenvalue weighted by Gasteiger charge is 2.18. The number of nitro groups is 1. The van der Waals surface area contributed by atoms with Gasteiger partial charge in [0.05, 0.1) is 10.6 Å². The average molecular weight is 415 g/mol. The highest BCUT2D eigenvalue weighted by molar-refractivity contribution is 9.11. The molecule has 108 valence electrons. The van der Waals surface area contributed by atoms with Crippen LogP contribution in [-0.2, 0) is 0 Å². The first kappa shape index (κ1) is 15.6. The van der Waals surface area contributed by atoms with Crippen molar-refractivity contribution in [3.05, 3.63) is 60.8 Å². The molecule has 0 unspecified atom stereocenters. The maximum Gasteiger partial charge on any atom is 0.275 e. The molecule has 1 aromatic carbocycles. The summed E-state index contributed by atoms with van der Waals surface area (Å²) in [6, 6.07) is 6.28. The molecule has 2 aromatic rings. The Morgan fingerprint density at radius 1 is 1.33 bits per heavy atom. The number of anilines is 1. The Kier molecular flexibility index (Phi) is 4.69. The van der Waals surface area contributed by atoms with Crippen LogP contribution in [0.3, 0.4) is 0 Å². The van der Waals surface area contributed by atoms with Crippen LogP contribution in [0.1, 0.15) is 16.1 Å². The van der Waals surface area contributed by atoms with Crippen LogP contribution in [0.25, 0.3) is 0 Å². The van der Waals surface area contributed by atoms with E-state index >= 15 is 0 Å². The van der Waals surface area contributed by atoms with Gasteiger partial charge in [-0.25, -0.2) is 4.98 Å². The molecule has 8 heteroatoms. The zero-order valence-electron chi connectivity index (χ0n) is 10.8. The number of halogens is 2. The summed E-state index contributed by atoms with van der Waals surface area (Å²) >= 11 is 6.52. The fraction of sp³-hybridized carbons (Fsp3) is 0.0769. The van der Waals surface area contributed by atoms with Gasteiger partial charge in [-0.1, -0.05) is 0 Å². The van der Waals surface area contributed by atoms with Gasteiger partial charge in [-0.3, -0.25) is 14.9 Å². The first-order chi connectivity index (χ1) is 9.90. The highest BCUT2D eigenvalue weighted by atomic mass is 79.9. The summed E-state index contributed by atoms with van der Waals surface area (Å²) in [6.07, 6.45) is 1.49. The number of benzene rings is 1. The molecule has 0 aliphatic rings. The summed E-state index contributed by atoms with van der Waals surface area (Å²) in [5.74, 6) is -0.457. The lowest BCUT2D eigenvalue weighted by atomic mass is 10.2. The van der Waals surface area contributed by atoms with Crippen LogP contribution in [0.4, 0.5) is 11.4 Å². The molecule has 0 aliphatic heterocycles. The van der Waals surface area contributed by atoms with Crippen molar-refractivity contribution in [3.8, 4) is 0 Å². The number of amides is 1.